The van der Waals surface area contributed by atoms with Gasteiger partial charge >= 0.3 is 5.97 Å². The highest BCUT2D eigenvalue weighted by atomic mass is 32.1. The summed E-state index contributed by atoms with van der Waals surface area (Å²) in [4.78, 5) is 25.5. The molecular formula is C20H25NO5S. The third kappa shape index (κ3) is 5.01. The van der Waals surface area contributed by atoms with E-state index in [2.05, 4.69) is 5.32 Å². The second kappa shape index (κ2) is 9.41. The smallest absolute Gasteiger partial charge is 0.341 e. The Kier molecular flexibility index (Phi) is 7.24. The molecule has 0 aliphatic heterocycles. The molecule has 2 rings (SSSR count). The standard InChI is InChI=1S/C20H25NO5S/c1-6-25-15-9-8-14(10-16(15)26-7-2)11-17(22)21-19-18(20(23)24-5)12(3)13(4)27-19/h8-10H,6-7,11H2,1-5H3,(H,21,22). The molecule has 6 nitrogen and oxygen atoms in total. The van der Waals surface area contributed by atoms with Gasteiger partial charge in [0, 0.05) is 4.88 Å². The van der Waals surface area contributed by atoms with E-state index in [4.69, 9.17) is 14.2 Å². The first-order chi connectivity index (χ1) is 12.9. The molecule has 1 aromatic carbocycles. The molecule has 1 aromatic heterocycles. The Hall–Kier alpha value is -2.54. The van der Waals surface area contributed by atoms with E-state index in [1.807, 2.05) is 33.8 Å². The normalized spacial score (nSPS) is 10.4. The molecule has 0 saturated carbocycles. The number of nitrogens with one attached hydrogen (secondary N) is 1. The number of carbonyl (C=O) groups is 2. The van der Waals surface area contributed by atoms with Crippen molar-refractivity contribution in [3.63, 3.8) is 0 Å². The third-order valence-electron chi connectivity index (χ3n) is 4.00. The minimum Gasteiger partial charge on any atom is -0.490 e. The molecule has 0 bridgehead atoms. The lowest BCUT2D eigenvalue weighted by molar-refractivity contribution is -0.115. The summed E-state index contributed by atoms with van der Waals surface area (Å²) in [5.41, 5.74) is 2.03. The molecule has 0 aliphatic carbocycles. The highest BCUT2D eigenvalue weighted by Gasteiger charge is 2.21. The van der Waals surface area contributed by atoms with Crippen molar-refractivity contribution in [2.45, 2.75) is 34.1 Å². The Morgan fingerprint density at radius 1 is 1.07 bits per heavy atom. The van der Waals surface area contributed by atoms with Gasteiger partial charge in [0.15, 0.2) is 11.5 Å². The number of rotatable bonds is 8. The van der Waals surface area contributed by atoms with Gasteiger partial charge in [0.1, 0.15) is 5.00 Å². The van der Waals surface area contributed by atoms with Crippen molar-refractivity contribution in [3.05, 3.63) is 39.8 Å². The van der Waals surface area contributed by atoms with E-state index in [-0.39, 0.29) is 12.3 Å². The fourth-order valence-corrected chi connectivity index (χ4v) is 3.69. The summed E-state index contributed by atoms with van der Waals surface area (Å²) in [6.07, 6.45) is 0.156. The first-order valence-corrected chi connectivity index (χ1v) is 9.59. The maximum Gasteiger partial charge on any atom is 0.341 e. The monoisotopic (exact) mass is 391 g/mol. The Morgan fingerprint density at radius 2 is 1.74 bits per heavy atom. The lowest BCUT2D eigenvalue weighted by Crippen LogP contribution is -2.16. The Bertz CT molecular complexity index is 828. The third-order valence-corrected chi connectivity index (χ3v) is 5.12. The zero-order valence-corrected chi connectivity index (χ0v) is 17.1. The zero-order chi connectivity index (χ0) is 20.0. The molecule has 0 radical (unpaired) electrons. The molecule has 7 heteroatoms. The van der Waals surface area contributed by atoms with Crippen LogP contribution in [0, 0.1) is 13.8 Å². The van der Waals surface area contributed by atoms with Crippen molar-refractivity contribution in [3.8, 4) is 11.5 Å². The fraction of sp³-hybridized carbons (Fsp3) is 0.400. The summed E-state index contributed by atoms with van der Waals surface area (Å²) in [6, 6.07) is 5.44. The molecule has 0 aliphatic rings. The second-order valence-corrected chi connectivity index (χ2v) is 7.08. The number of esters is 1. The van der Waals surface area contributed by atoms with Gasteiger partial charge in [0.25, 0.3) is 0 Å². The minimum absolute atomic E-state index is 0.156. The average Bonchev–Trinajstić information content (AvgIpc) is 2.90. The summed E-state index contributed by atoms with van der Waals surface area (Å²) in [6.45, 7) is 8.59. The molecule has 0 unspecified atom stereocenters. The number of methoxy groups -OCH3 is 1. The number of carbonyl (C=O) groups excluding carboxylic acids is 2. The van der Waals surface area contributed by atoms with Crippen LogP contribution in [0.2, 0.25) is 0 Å². The lowest BCUT2D eigenvalue weighted by atomic mass is 10.1. The highest BCUT2D eigenvalue weighted by molar-refractivity contribution is 7.16. The van der Waals surface area contributed by atoms with E-state index in [9.17, 15) is 9.59 Å². The second-order valence-electron chi connectivity index (χ2n) is 5.85. The zero-order valence-electron chi connectivity index (χ0n) is 16.3. The highest BCUT2D eigenvalue weighted by Crippen LogP contribution is 2.33. The summed E-state index contributed by atoms with van der Waals surface area (Å²) in [5, 5.41) is 3.35. The van der Waals surface area contributed by atoms with Crippen LogP contribution in [0.4, 0.5) is 5.00 Å². The Balaban J connectivity index is 2.18. The van der Waals surface area contributed by atoms with Crippen LogP contribution in [0.25, 0.3) is 0 Å². The van der Waals surface area contributed by atoms with Crippen molar-refractivity contribution in [1.29, 1.82) is 0 Å². The van der Waals surface area contributed by atoms with Gasteiger partial charge in [-0.05, 0) is 51.0 Å². The van der Waals surface area contributed by atoms with E-state index in [0.717, 1.165) is 16.0 Å². The van der Waals surface area contributed by atoms with Crippen LogP contribution in [-0.4, -0.2) is 32.2 Å². The van der Waals surface area contributed by atoms with E-state index in [1.165, 1.54) is 18.4 Å². The Morgan fingerprint density at radius 3 is 2.37 bits per heavy atom. The predicted molar refractivity (Wildman–Crippen MR) is 106 cm³/mol. The molecule has 2 aromatic rings. The van der Waals surface area contributed by atoms with Gasteiger partial charge in [-0.15, -0.1) is 11.3 Å². The van der Waals surface area contributed by atoms with Crippen LogP contribution in [0.1, 0.15) is 40.2 Å². The number of thiophene rings is 1. The van der Waals surface area contributed by atoms with Gasteiger partial charge in [-0.3, -0.25) is 4.79 Å². The van der Waals surface area contributed by atoms with Crippen molar-refractivity contribution in [2.75, 3.05) is 25.6 Å². The van der Waals surface area contributed by atoms with Crippen molar-refractivity contribution in [1.82, 2.24) is 0 Å². The van der Waals surface area contributed by atoms with Crippen LogP contribution in [0.15, 0.2) is 18.2 Å². The summed E-state index contributed by atoms with van der Waals surface area (Å²) in [5.74, 6) is 0.601. The summed E-state index contributed by atoms with van der Waals surface area (Å²) in [7, 11) is 1.33. The van der Waals surface area contributed by atoms with Gasteiger partial charge in [0.05, 0.1) is 32.3 Å². The molecule has 0 spiro atoms. The molecule has 0 atom stereocenters. The largest absolute Gasteiger partial charge is 0.490 e. The number of ether oxygens (including phenoxy) is 3. The SMILES string of the molecule is CCOc1ccc(CC(=O)Nc2sc(C)c(C)c2C(=O)OC)cc1OCC. The van der Waals surface area contributed by atoms with Crippen LogP contribution in [0.3, 0.4) is 0 Å². The number of amides is 1. The van der Waals surface area contributed by atoms with E-state index in [1.54, 1.807) is 12.1 Å². The predicted octanol–water partition coefficient (Wildman–Crippen LogP) is 4.13. The van der Waals surface area contributed by atoms with E-state index < -0.39 is 5.97 Å². The summed E-state index contributed by atoms with van der Waals surface area (Å²) < 4.78 is 16.0. The van der Waals surface area contributed by atoms with Crippen LogP contribution >= 0.6 is 11.3 Å². The van der Waals surface area contributed by atoms with Crippen molar-refractivity contribution in [2.24, 2.45) is 0 Å². The van der Waals surface area contributed by atoms with Gasteiger partial charge in [0.2, 0.25) is 5.91 Å². The number of hydrogen-bond donors (Lipinski definition) is 1. The maximum atomic E-state index is 12.5. The van der Waals surface area contributed by atoms with Gasteiger partial charge in [-0.25, -0.2) is 4.79 Å². The first-order valence-electron chi connectivity index (χ1n) is 8.77. The van der Waals surface area contributed by atoms with Gasteiger partial charge in [-0.1, -0.05) is 6.07 Å². The quantitative estimate of drug-likeness (QED) is 0.685. The molecule has 1 heterocycles. The number of hydrogen-bond acceptors (Lipinski definition) is 6. The van der Waals surface area contributed by atoms with Crippen LogP contribution in [-0.2, 0) is 16.0 Å². The summed E-state index contributed by atoms with van der Waals surface area (Å²) >= 11 is 1.37. The molecule has 1 N–H and O–H groups in total. The fourth-order valence-electron chi connectivity index (χ4n) is 2.62. The van der Waals surface area contributed by atoms with Crippen LogP contribution in [0.5, 0.6) is 11.5 Å². The lowest BCUT2D eigenvalue weighted by Gasteiger charge is -2.12. The first kappa shape index (κ1) is 20.8. The Labute approximate surface area is 163 Å². The molecule has 0 saturated heterocycles. The van der Waals surface area contributed by atoms with E-state index in [0.29, 0.717) is 35.3 Å². The van der Waals surface area contributed by atoms with Crippen LogP contribution < -0.4 is 14.8 Å². The molecule has 1 amide bonds. The van der Waals surface area contributed by atoms with Crippen molar-refractivity contribution < 1.29 is 23.8 Å². The van der Waals surface area contributed by atoms with Gasteiger partial charge < -0.3 is 19.5 Å². The number of benzene rings is 1. The molecular weight excluding hydrogens is 366 g/mol. The minimum atomic E-state index is -0.452. The van der Waals surface area contributed by atoms with Gasteiger partial charge in [-0.2, -0.15) is 0 Å². The topological polar surface area (TPSA) is 73.9 Å². The number of anilines is 1. The maximum absolute atomic E-state index is 12.5. The average molecular weight is 391 g/mol. The molecule has 27 heavy (non-hydrogen) atoms. The molecule has 0 fully saturated rings. The van der Waals surface area contributed by atoms with E-state index >= 15 is 0 Å². The number of aryl methyl sites for hydroxylation is 1. The molecule has 146 valence electrons. The van der Waals surface area contributed by atoms with Crippen molar-refractivity contribution >= 4 is 28.2 Å².